The molecule has 0 N–H and O–H groups in total. The Balaban J connectivity index is 0.886. The predicted molar refractivity (Wildman–Crippen MR) is 535 cm³/mol. The van der Waals surface area contributed by atoms with Crippen molar-refractivity contribution in [1.82, 2.24) is 0 Å². The fourth-order valence-electron chi connectivity index (χ4n) is 21.7. The quantitative estimate of drug-likeness (QED) is 0.101. The van der Waals surface area contributed by atoms with Crippen molar-refractivity contribution >= 4 is 132 Å². The van der Waals surface area contributed by atoms with Crippen LogP contribution in [0.3, 0.4) is 0 Å². The van der Waals surface area contributed by atoms with Gasteiger partial charge in [0.2, 0.25) is 0 Å². The Kier molecular flexibility index (Phi) is 18.7. The molecule has 18 aromatic rings. The summed E-state index contributed by atoms with van der Waals surface area (Å²) in [5.41, 5.74) is 52.8. The van der Waals surface area contributed by atoms with Crippen LogP contribution in [0.5, 0.6) is 0 Å². The molecule has 125 heavy (non-hydrogen) atoms. The molecule has 0 aliphatic carbocycles. The molecule has 0 atom stereocenters. The third-order valence-electron chi connectivity index (χ3n) is 27.1. The zero-order chi connectivity index (χ0) is 84.6. The lowest BCUT2D eigenvalue weighted by atomic mass is 9.30. The Morgan fingerprint density at radius 2 is 0.496 bits per heavy atom. The highest BCUT2D eigenvalue weighted by Crippen LogP contribution is 2.56. The Bertz CT molecular complexity index is 7110. The van der Waals surface area contributed by atoms with Gasteiger partial charge < -0.3 is 24.5 Å². The van der Waals surface area contributed by atoms with E-state index in [2.05, 4.69) is 476 Å². The van der Waals surface area contributed by atoms with Gasteiger partial charge in [0.05, 0.1) is 11.4 Å². The number of hydrogen-bond acceptors (Lipinski definition) is 5. The van der Waals surface area contributed by atoms with Crippen molar-refractivity contribution in [2.24, 2.45) is 0 Å². The van der Waals surface area contributed by atoms with E-state index in [-0.39, 0.29) is 13.4 Å². The topological polar surface area (TPSA) is 16.2 Å². The number of fused-ring (bicyclic) bond motifs is 8. The van der Waals surface area contributed by atoms with Crippen LogP contribution in [-0.2, 0) is 0 Å². The molecular weight excluding hydrogens is 1510 g/mol. The number of aryl methyl sites for hydroxylation is 10. The smallest absolute Gasteiger partial charge is 0.252 e. The first kappa shape index (κ1) is 76.2. The second-order valence-electron chi connectivity index (χ2n) is 34.8. The molecule has 0 bridgehead atoms. The summed E-state index contributed by atoms with van der Waals surface area (Å²) in [4.78, 5) is 13.1. The molecule has 596 valence electrons. The highest BCUT2D eigenvalue weighted by molar-refractivity contribution is 7.03. The first-order valence-electron chi connectivity index (χ1n) is 43.9. The Morgan fingerprint density at radius 1 is 0.184 bits per heavy atom. The second kappa shape index (κ2) is 30.6. The minimum absolute atomic E-state index is 0.282. The molecule has 0 aromatic heterocycles. The summed E-state index contributed by atoms with van der Waals surface area (Å²) in [7, 11) is 0. The molecule has 4 aliphatic heterocycles. The molecule has 22 rings (SSSR count). The molecule has 0 amide bonds. The van der Waals surface area contributed by atoms with Gasteiger partial charge in [-0.1, -0.05) is 279 Å². The molecular formula is C118H93B2N5. The lowest BCUT2D eigenvalue weighted by Gasteiger charge is -2.48. The van der Waals surface area contributed by atoms with Crippen LogP contribution in [0, 0.1) is 69.2 Å². The molecule has 0 saturated carbocycles. The molecule has 0 unspecified atom stereocenters. The van der Waals surface area contributed by atoms with E-state index in [4.69, 9.17) is 0 Å². The summed E-state index contributed by atoms with van der Waals surface area (Å²) in [5.74, 6) is 0. The minimum atomic E-state index is -0.302. The molecule has 18 aromatic carbocycles. The standard InChI is InChI=1S/C118H93B2N5/c1-74-32-25-33-75(2)111(74)86-56-61-93(62-57-86)121(94-63-58-87(59-64-94)112-76(3)34-26-35-77(112)4)96-70-109-117-110(71-96)125(118-97(84-42-15-11-16-43-84)52-31-53-98(118)85-44-17-12-18-45-85)106-73-105-101(72-102(106)119(117)99-54-23-24-55-103(99)122(109)91-47-19-13-20-48-91)120-100-65-60-89(114-80(7)38-28-39-81(114)8)67-104(100)124(95-51-30-46-88(66-95)113-78(5)36-27-37-79(113)6)108-69-90(115-82(9)40-29-41-83(115)10)68-107(116(108)120)123(105)92-49-21-14-22-50-92/h11-73H,1-10H3. The van der Waals surface area contributed by atoms with Crippen LogP contribution in [0.2, 0.25) is 0 Å². The van der Waals surface area contributed by atoms with Crippen LogP contribution < -0.4 is 57.3 Å². The van der Waals surface area contributed by atoms with Crippen LogP contribution in [0.1, 0.15) is 55.6 Å². The van der Waals surface area contributed by atoms with Crippen LogP contribution in [-0.4, -0.2) is 13.4 Å². The maximum atomic E-state index is 2.73. The fourth-order valence-corrected chi connectivity index (χ4v) is 21.7. The molecule has 0 spiro atoms. The number of benzene rings is 18. The maximum absolute atomic E-state index is 2.73. The van der Waals surface area contributed by atoms with Gasteiger partial charge in [0.1, 0.15) is 0 Å². The van der Waals surface area contributed by atoms with E-state index in [1.54, 1.807) is 0 Å². The Hall–Kier alpha value is -14.9. The summed E-state index contributed by atoms with van der Waals surface area (Å²) in [6, 6.07) is 146. The van der Waals surface area contributed by atoms with Gasteiger partial charge in [-0.2, -0.15) is 0 Å². The van der Waals surface area contributed by atoms with E-state index in [1.807, 2.05) is 0 Å². The van der Waals surface area contributed by atoms with E-state index in [1.165, 1.54) is 138 Å². The molecule has 4 aliphatic rings. The van der Waals surface area contributed by atoms with Gasteiger partial charge in [-0.3, -0.25) is 0 Å². The maximum Gasteiger partial charge on any atom is 0.252 e. The predicted octanol–water partition coefficient (Wildman–Crippen LogP) is 28.1. The van der Waals surface area contributed by atoms with Crippen molar-refractivity contribution in [1.29, 1.82) is 0 Å². The second-order valence-corrected chi connectivity index (χ2v) is 34.8. The van der Waals surface area contributed by atoms with E-state index in [0.717, 1.165) is 113 Å². The lowest BCUT2D eigenvalue weighted by Crippen LogP contribution is -2.65. The normalized spacial score (nSPS) is 12.6. The van der Waals surface area contributed by atoms with Crippen LogP contribution in [0.4, 0.5) is 85.3 Å². The highest BCUT2D eigenvalue weighted by Gasteiger charge is 2.50. The fraction of sp³-hybridized carbons (Fsp3) is 0.0847. The zero-order valence-corrected chi connectivity index (χ0v) is 72.3. The van der Waals surface area contributed by atoms with Crippen molar-refractivity contribution < 1.29 is 0 Å². The Morgan fingerprint density at radius 3 is 0.960 bits per heavy atom. The summed E-state index contributed by atoms with van der Waals surface area (Å²) >= 11 is 0. The summed E-state index contributed by atoms with van der Waals surface area (Å²) in [6.07, 6.45) is 0. The molecule has 0 radical (unpaired) electrons. The van der Waals surface area contributed by atoms with Crippen molar-refractivity contribution in [3.63, 3.8) is 0 Å². The summed E-state index contributed by atoms with van der Waals surface area (Å²) in [6.45, 7) is 22.0. The van der Waals surface area contributed by atoms with Gasteiger partial charge >= 0.3 is 0 Å². The number of hydrogen-bond donors (Lipinski definition) is 0. The Labute approximate surface area is 735 Å². The SMILES string of the molecule is Cc1cccc(C)c1-c1ccc(N(c2ccc(-c3c(C)cccc3C)cc2)c2cc3c4c(c2)N(c2c(-c5ccccc5)cccc2-c2ccccc2)c2cc5c(cc2B4c2ccccc2N3c2ccccc2)B2c3ccc(-c4c(C)cccc4C)cc3N(c3cccc(-c4c(C)cccc4C)c3)c3cc(-c4c(C)cccc4C)cc(c32)N5c2ccccc2)cc1. The average Bonchev–Trinajstić information content (AvgIpc) is 0.678. The van der Waals surface area contributed by atoms with E-state index < -0.39 is 0 Å². The summed E-state index contributed by atoms with van der Waals surface area (Å²) < 4.78 is 0. The first-order valence-corrected chi connectivity index (χ1v) is 43.9. The number of para-hydroxylation sites is 4. The first-order chi connectivity index (χ1) is 61.2. The third kappa shape index (κ3) is 12.6. The van der Waals surface area contributed by atoms with Gasteiger partial charge in [0.25, 0.3) is 13.4 Å². The molecule has 7 heteroatoms. The van der Waals surface area contributed by atoms with Crippen molar-refractivity contribution in [3.05, 3.63) is 438 Å². The average molecular weight is 1600 g/mol. The van der Waals surface area contributed by atoms with Crippen LogP contribution in [0.15, 0.2) is 382 Å². The molecule has 0 fully saturated rings. The highest BCUT2D eigenvalue weighted by atomic mass is 15.2. The van der Waals surface area contributed by atoms with Crippen LogP contribution in [0.25, 0.3) is 77.9 Å². The van der Waals surface area contributed by atoms with Crippen molar-refractivity contribution in [2.75, 3.05) is 24.5 Å². The monoisotopic (exact) mass is 1600 g/mol. The van der Waals surface area contributed by atoms with Gasteiger partial charge in [-0.25, -0.2) is 0 Å². The van der Waals surface area contributed by atoms with Gasteiger partial charge in [0, 0.05) is 85.1 Å². The zero-order valence-electron chi connectivity index (χ0n) is 72.3. The third-order valence-corrected chi connectivity index (χ3v) is 27.1. The van der Waals surface area contributed by atoms with Gasteiger partial charge in [0.15, 0.2) is 0 Å². The minimum Gasteiger partial charge on any atom is -0.311 e. The van der Waals surface area contributed by atoms with Crippen molar-refractivity contribution in [2.45, 2.75) is 69.2 Å². The largest absolute Gasteiger partial charge is 0.311 e. The summed E-state index contributed by atoms with van der Waals surface area (Å²) in [5, 5.41) is 0. The lowest BCUT2D eigenvalue weighted by molar-refractivity contribution is 1.22. The number of rotatable bonds is 14. The van der Waals surface area contributed by atoms with Crippen LogP contribution >= 0.6 is 0 Å². The van der Waals surface area contributed by atoms with E-state index in [9.17, 15) is 0 Å². The van der Waals surface area contributed by atoms with E-state index >= 15 is 0 Å². The van der Waals surface area contributed by atoms with Gasteiger partial charge in [-0.15, -0.1) is 0 Å². The number of nitrogens with zero attached hydrogens (tertiary/aromatic N) is 5. The van der Waals surface area contributed by atoms with Gasteiger partial charge in [-0.05, 0) is 328 Å². The molecule has 5 nitrogen and oxygen atoms in total. The van der Waals surface area contributed by atoms with Crippen molar-refractivity contribution in [3.8, 4) is 77.9 Å². The molecule has 0 saturated heterocycles. The van der Waals surface area contributed by atoms with E-state index in [0.29, 0.717) is 0 Å². The number of anilines is 15. The molecule has 4 heterocycles.